The largest absolute Gasteiger partial charge is 0.463 e. The zero-order chi connectivity index (χ0) is 24.0. The Bertz CT molecular complexity index is 904. The smallest absolute Gasteiger partial charge is 0.338 e. The van der Waals surface area contributed by atoms with Crippen LogP contribution in [-0.4, -0.2) is 78.5 Å². The average Bonchev–Trinajstić information content (AvgIpc) is 2.81. The first-order valence-corrected chi connectivity index (χ1v) is 11.5. The Balaban J connectivity index is 1.95. The minimum Gasteiger partial charge on any atom is -0.463 e. The summed E-state index contributed by atoms with van der Waals surface area (Å²) < 4.78 is 5.42. The predicted octanol–water partition coefficient (Wildman–Crippen LogP) is 2.56. The van der Waals surface area contributed by atoms with Gasteiger partial charge in [0.05, 0.1) is 18.2 Å². The Hall–Kier alpha value is -3.13. The highest BCUT2D eigenvalue weighted by Gasteiger charge is 2.38. The van der Waals surface area contributed by atoms with Gasteiger partial charge in [-0.15, -0.1) is 6.58 Å². The van der Waals surface area contributed by atoms with E-state index in [0.717, 1.165) is 5.56 Å². The number of hydrogen-bond donors (Lipinski definition) is 1. The van der Waals surface area contributed by atoms with E-state index in [9.17, 15) is 14.4 Å². The first-order valence-electron chi connectivity index (χ1n) is 11.5. The predicted molar refractivity (Wildman–Crippen MR) is 126 cm³/mol. The van der Waals surface area contributed by atoms with Crippen LogP contribution in [0.1, 0.15) is 32.4 Å². The molecule has 0 unspecified atom stereocenters. The molecule has 33 heavy (non-hydrogen) atoms. The van der Waals surface area contributed by atoms with Gasteiger partial charge in [0.1, 0.15) is 0 Å². The van der Waals surface area contributed by atoms with Gasteiger partial charge in [-0.25, -0.2) is 9.59 Å². The van der Waals surface area contributed by atoms with Crippen LogP contribution in [0.5, 0.6) is 0 Å². The van der Waals surface area contributed by atoms with E-state index in [1.165, 1.54) is 0 Å². The number of nitrogens with one attached hydrogen (secondary N) is 1. The van der Waals surface area contributed by atoms with Gasteiger partial charge in [0, 0.05) is 50.9 Å². The van der Waals surface area contributed by atoms with Gasteiger partial charge in [0.2, 0.25) is 5.91 Å². The lowest BCUT2D eigenvalue weighted by atomic mass is 9.94. The van der Waals surface area contributed by atoms with Crippen LogP contribution < -0.4 is 5.32 Å². The monoisotopic (exact) mass is 454 g/mol. The molecule has 0 aliphatic carbocycles. The van der Waals surface area contributed by atoms with E-state index < -0.39 is 12.0 Å². The van der Waals surface area contributed by atoms with Crippen LogP contribution in [0.15, 0.2) is 54.3 Å². The highest BCUT2D eigenvalue weighted by Crippen LogP contribution is 2.32. The van der Waals surface area contributed by atoms with Gasteiger partial charge in [-0.1, -0.05) is 50.3 Å². The number of nitrogens with zero attached hydrogens (tertiary/aromatic N) is 3. The lowest BCUT2D eigenvalue weighted by Gasteiger charge is -2.40. The minimum absolute atomic E-state index is 0.0357. The highest BCUT2D eigenvalue weighted by atomic mass is 16.5. The molecule has 0 saturated carbocycles. The Morgan fingerprint density at radius 1 is 1.18 bits per heavy atom. The second kappa shape index (κ2) is 11.1. The number of hydrogen-bond acceptors (Lipinski definition) is 5. The molecule has 2 heterocycles. The number of benzene rings is 1. The van der Waals surface area contributed by atoms with Crippen LogP contribution in [0.3, 0.4) is 0 Å². The number of esters is 1. The topological polar surface area (TPSA) is 82.2 Å². The van der Waals surface area contributed by atoms with E-state index in [-0.39, 0.29) is 31.0 Å². The summed E-state index contributed by atoms with van der Waals surface area (Å²) in [5, 5.41) is 2.97. The Labute approximate surface area is 195 Å². The standard InChI is InChI=1S/C25H34N4O4/c1-5-12-29-20(17-27-13-15-28(16-14-27)23(30)18(3)4)21(24(31)33-6-2)22(26-25(29)32)19-10-8-7-9-11-19/h5,7-11,18,22H,1,6,12-17H2,2-4H3,(H,26,32)/t22-/m0/s1. The van der Waals surface area contributed by atoms with Crippen LogP contribution in [-0.2, 0) is 14.3 Å². The van der Waals surface area contributed by atoms with Crippen molar-refractivity contribution in [3.05, 3.63) is 59.8 Å². The molecule has 0 bridgehead atoms. The van der Waals surface area contributed by atoms with Gasteiger partial charge in [-0.05, 0) is 12.5 Å². The minimum atomic E-state index is -0.599. The maximum Gasteiger partial charge on any atom is 0.338 e. The van der Waals surface area contributed by atoms with Gasteiger partial charge in [-0.2, -0.15) is 0 Å². The summed E-state index contributed by atoms with van der Waals surface area (Å²) in [5.74, 6) is -0.328. The van der Waals surface area contributed by atoms with E-state index in [0.29, 0.717) is 44.0 Å². The first kappa shape index (κ1) is 24.5. The molecule has 1 fully saturated rings. The van der Waals surface area contributed by atoms with Gasteiger partial charge >= 0.3 is 12.0 Å². The lowest BCUT2D eigenvalue weighted by Crippen LogP contribution is -2.54. The molecule has 1 N–H and O–H groups in total. The van der Waals surface area contributed by atoms with Crippen molar-refractivity contribution in [2.75, 3.05) is 45.9 Å². The summed E-state index contributed by atoms with van der Waals surface area (Å²) in [6, 6.07) is 8.56. The molecule has 0 radical (unpaired) electrons. The zero-order valence-electron chi connectivity index (χ0n) is 19.8. The molecule has 2 aliphatic heterocycles. The van der Waals surface area contributed by atoms with E-state index in [2.05, 4.69) is 16.8 Å². The summed E-state index contributed by atoms with van der Waals surface area (Å²) in [6.07, 6.45) is 1.64. The molecule has 3 rings (SSSR count). The lowest BCUT2D eigenvalue weighted by molar-refractivity contribution is -0.139. The van der Waals surface area contributed by atoms with Crippen LogP contribution in [0, 0.1) is 5.92 Å². The molecule has 0 aromatic heterocycles. The van der Waals surface area contributed by atoms with E-state index >= 15 is 0 Å². The fourth-order valence-corrected chi connectivity index (χ4v) is 4.24. The third-order valence-corrected chi connectivity index (χ3v) is 5.93. The zero-order valence-corrected chi connectivity index (χ0v) is 19.8. The quantitative estimate of drug-likeness (QED) is 0.482. The summed E-state index contributed by atoms with van der Waals surface area (Å²) in [4.78, 5) is 44.2. The SMILES string of the molecule is C=CCN1C(=O)N[C@@H](c2ccccc2)C(C(=O)OCC)=C1CN1CCN(C(=O)C(C)C)CC1. The maximum atomic E-state index is 13.2. The Morgan fingerprint density at radius 3 is 2.42 bits per heavy atom. The molecule has 8 heteroatoms. The molecule has 0 spiro atoms. The molecule has 8 nitrogen and oxygen atoms in total. The third-order valence-electron chi connectivity index (χ3n) is 5.93. The van der Waals surface area contributed by atoms with Crippen molar-refractivity contribution in [2.45, 2.75) is 26.8 Å². The molecule has 1 aromatic rings. The summed E-state index contributed by atoms with van der Waals surface area (Å²) in [7, 11) is 0. The molecular weight excluding hydrogens is 420 g/mol. The summed E-state index contributed by atoms with van der Waals surface area (Å²) >= 11 is 0. The molecule has 1 aromatic carbocycles. The van der Waals surface area contributed by atoms with E-state index in [1.54, 1.807) is 17.9 Å². The van der Waals surface area contributed by atoms with Crippen LogP contribution in [0.25, 0.3) is 0 Å². The number of rotatable bonds is 8. The van der Waals surface area contributed by atoms with Gasteiger partial charge in [0.25, 0.3) is 0 Å². The van der Waals surface area contributed by atoms with E-state index in [4.69, 9.17) is 4.74 Å². The third kappa shape index (κ3) is 5.63. The van der Waals surface area contributed by atoms with Gasteiger partial charge in [-0.3, -0.25) is 14.6 Å². The number of ether oxygens (including phenoxy) is 1. The number of carbonyl (C=O) groups is 3. The van der Waals surface area contributed by atoms with Crippen molar-refractivity contribution >= 4 is 17.9 Å². The Kier molecular flexibility index (Phi) is 8.27. The first-order chi connectivity index (χ1) is 15.9. The molecule has 2 aliphatic rings. The van der Waals surface area contributed by atoms with Crippen molar-refractivity contribution in [3.63, 3.8) is 0 Å². The van der Waals surface area contributed by atoms with Crippen LogP contribution >= 0.6 is 0 Å². The maximum absolute atomic E-state index is 13.2. The molecule has 1 saturated heterocycles. The highest BCUT2D eigenvalue weighted by molar-refractivity contribution is 5.95. The van der Waals surface area contributed by atoms with Gasteiger partial charge < -0.3 is 15.0 Å². The second-order valence-electron chi connectivity index (χ2n) is 8.53. The molecule has 3 amide bonds. The normalized spacial score (nSPS) is 19.5. The summed E-state index contributed by atoms with van der Waals surface area (Å²) in [5.41, 5.74) is 1.87. The number of amides is 3. The Morgan fingerprint density at radius 2 is 1.85 bits per heavy atom. The van der Waals surface area contributed by atoms with Crippen molar-refractivity contribution < 1.29 is 19.1 Å². The molecular formula is C25H34N4O4. The van der Waals surface area contributed by atoms with Gasteiger partial charge in [0.15, 0.2) is 0 Å². The fourth-order valence-electron chi connectivity index (χ4n) is 4.24. The van der Waals surface area contributed by atoms with Crippen molar-refractivity contribution in [3.8, 4) is 0 Å². The van der Waals surface area contributed by atoms with Crippen molar-refractivity contribution in [2.24, 2.45) is 5.92 Å². The van der Waals surface area contributed by atoms with Crippen molar-refractivity contribution in [1.82, 2.24) is 20.0 Å². The number of carbonyl (C=O) groups excluding carboxylic acids is 3. The van der Waals surface area contributed by atoms with Crippen LogP contribution in [0.4, 0.5) is 4.79 Å². The van der Waals surface area contributed by atoms with Crippen molar-refractivity contribution in [1.29, 1.82) is 0 Å². The van der Waals surface area contributed by atoms with E-state index in [1.807, 2.05) is 49.1 Å². The fraction of sp³-hybridized carbons (Fsp3) is 0.480. The average molecular weight is 455 g/mol. The molecule has 1 atom stereocenters. The second-order valence-corrected chi connectivity index (χ2v) is 8.53. The van der Waals surface area contributed by atoms with Crippen LogP contribution in [0.2, 0.25) is 0 Å². The summed E-state index contributed by atoms with van der Waals surface area (Å²) in [6.45, 7) is 12.8. The number of piperazine rings is 1. The number of urea groups is 1. The molecule has 178 valence electrons.